The average Bonchev–Trinajstić information content (AvgIpc) is 2.94. The Labute approximate surface area is 99.8 Å². The second kappa shape index (κ2) is 3.69. The summed E-state index contributed by atoms with van der Waals surface area (Å²) in [5.41, 5.74) is 1.09. The van der Waals surface area contributed by atoms with Crippen LogP contribution in [-0.2, 0) is 0 Å². The number of rotatable bonds is 2. The van der Waals surface area contributed by atoms with E-state index in [9.17, 15) is 9.18 Å². The molecule has 0 unspecified atom stereocenters. The van der Waals surface area contributed by atoms with E-state index < -0.39 is 11.8 Å². The smallest absolute Gasteiger partial charge is 0.374 e. The van der Waals surface area contributed by atoms with Gasteiger partial charge in [0.1, 0.15) is 11.5 Å². The number of H-pyrrole nitrogens is 1. The molecule has 0 spiro atoms. The normalized spacial score (nSPS) is 10.9. The molecule has 2 aromatic heterocycles. The van der Waals surface area contributed by atoms with Crippen LogP contribution in [0.3, 0.4) is 0 Å². The molecule has 3 aromatic rings. The zero-order valence-electron chi connectivity index (χ0n) is 8.98. The van der Waals surface area contributed by atoms with Crippen LogP contribution in [0.25, 0.3) is 22.2 Å². The van der Waals surface area contributed by atoms with Gasteiger partial charge in [0.25, 0.3) is 0 Å². The average molecular weight is 246 g/mol. The molecule has 0 fully saturated rings. The van der Waals surface area contributed by atoms with Gasteiger partial charge in [-0.3, -0.25) is 0 Å². The Bertz CT molecular complexity index is 745. The molecule has 0 aliphatic carbocycles. The third-order valence-electron chi connectivity index (χ3n) is 2.64. The minimum Gasteiger partial charge on any atom is -0.475 e. The number of benzene rings is 1. The van der Waals surface area contributed by atoms with Crippen molar-refractivity contribution in [3.05, 3.63) is 42.0 Å². The van der Waals surface area contributed by atoms with Gasteiger partial charge in [-0.25, -0.2) is 9.18 Å². The Morgan fingerprint density at radius 3 is 2.94 bits per heavy atom. The maximum absolute atomic E-state index is 13.9. The second-order valence-electron chi connectivity index (χ2n) is 3.78. The van der Waals surface area contributed by atoms with Gasteiger partial charge in [-0.05, 0) is 18.2 Å². The first-order valence-corrected chi connectivity index (χ1v) is 5.12. The van der Waals surface area contributed by atoms with E-state index in [1.807, 2.05) is 0 Å². The quantitative estimate of drug-likeness (QED) is 0.728. The van der Waals surface area contributed by atoms with Crippen LogP contribution < -0.4 is 0 Å². The highest BCUT2D eigenvalue weighted by atomic mass is 19.1. The SMILES string of the molecule is O=C(O)c1cc(-c2cc3[nH]ccc3cc2F)no1. The van der Waals surface area contributed by atoms with E-state index in [1.54, 1.807) is 18.3 Å². The van der Waals surface area contributed by atoms with Crippen molar-refractivity contribution in [3.8, 4) is 11.3 Å². The zero-order valence-corrected chi connectivity index (χ0v) is 8.98. The van der Waals surface area contributed by atoms with Crippen LogP contribution in [0.5, 0.6) is 0 Å². The topological polar surface area (TPSA) is 79.1 Å². The first kappa shape index (κ1) is 10.5. The van der Waals surface area contributed by atoms with Crippen molar-refractivity contribution in [2.24, 2.45) is 0 Å². The van der Waals surface area contributed by atoms with Crippen molar-refractivity contribution in [2.45, 2.75) is 0 Å². The van der Waals surface area contributed by atoms with E-state index in [4.69, 9.17) is 5.11 Å². The Balaban J connectivity index is 2.17. The number of hydrogen-bond acceptors (Lipinski definition) is 3. The van der Waals surface area contributed by atoms with Gasteiger partial charge in [0.15, 0.2) is 0 Å². The highest BCUT2D eigenvalue weighted by Gasteiger charge is 2.16. The lowest BCUT2D eigenvalue weighted by molar-refractivity contribution is 0.0652. The number of nitrogens with one attached hydrogen (secondary N) is 1. The van der Waals surface area contributed by atoms with Crippen molar-refractivity contribution >= 4 is 16.9 Å². The Morgan fingerprint density at radius 1 is 1.39 bits per heavy atom. The number of carboxylic acid groups (broad SMARTS) is 1. The van der Waals surface area contributed by atoms with Crippen molar-refractivity contribution in [2.75, 3.05) is 0 Å². The standard InChI is InChI=1S/C12H7FN2O3/c13-8-3-6-1-2-14-9(6)4-7(8)10-5-11(12(16)17)18-15-10/h1-5,14H,(H,16,17). The molecule has 0 aliphatic heterocycles. The summed E-state index contributed by atoms with van der Waals surface area (Å²) in [5.74, 6) is -2.04. The third kappa shape index (κ3) is 1.55. The van der Waals surface area contributed by atoms with Gasteiger partial charge in [-0.2, -0.15) is 0 Å². The number of aromatic carboxylic acids is 1. The molecule has 0 atom stereocenters. The highest BCUT2D eigenvalue weighted by Crippen LogP contribution is 2.26. The molecule has 18 heavy (non-hydrogen) atoms. The number of hydrogen-bond donors (Lipinski definition) is 2. The maximum Gasteiger partial charge on any atom is 0.374 e. The van der Waals surface area contributed by atoms with Crippen LogP contribution in [0.4, 0.5) is 4.39 Å². The molecule has 5 nitrogen and oxygen atoms in total. The third-order valence-corrected chi connectivity index (χ3v) is 2.64. The van der Waals surface area contributed by atoms with E-state index >= 15 is 0 Å². The lowest BCUT2D eigenvalue weighted by atomic mass is 10.1. The summed E-state index contributed by atoms with van der Waals surface area (Å²) in [5, 5.41) is 13.0. The Morgan fingerprint density at radius 2 is 2.22 bits per heavy atom. The van der Waals surface area contributed by atoms with Gasteiger partial charge in [-0.15, -0.1) is 0 Å². The molecule has 0 saturated carbocycles. The maximum atomic E-state index is 13.9. The molecule has 0 saturated heterocycles. The highest BCUT2D eigenvalue weighted by molar-refractivity contribution is 5.87. The zero-order chi connectivity index (χ0) is 12.7. The number of carbonyl (C=O) groups is 1. The van der Waals surface area contributed by atoms with Crippen molar-refractivity contribution in [1.82, 2.24) is 10.1 Å². The van der Waals surface area contributed by atoms with Crippen LogP contribution in [0.2, 0.25) is 0 Å². The summed E-state index contributed by atoms with van der Waals surface area (Å²) in [6.07, 6.45) is 1.69. The Hall–Kier alpha value is -2.63. The molecule has 2 heterocycles. The fraction of sp³-hybridized carbons (Fsp3) is 0. The van der Waals surface area contributed by atoms with E-state index in [2.05, 4.69) is 14.7 Å². The second-order valence-corrected chi connectivity index (χ2v) is 3.78. The van der Waals surface area contributed by atoms with Crippen molar-refractivity contribution < 1.29 is 18.8 Å². The molecule has 6 heteroatoms. The van der Waals surface area contributed by atoms with Crippen LogP contribution in [-0.4, -0.2) is 21.2 Å². The monoisotopic (exact) mass is 246 g/mol. The number of aromatic amines is 1. The van der Waals surface area contributed by atoms with Gasteiger partial charge in [0.05, 0.1) is 0 Å². The minimum atomic E-state index is -1.24. The van der Waals surface area contributed by atoms with E-state index in [0.717, 1.165) is 10.9 Å². The molecule has 90 valence electrons. The summed E-state index contributed by atoms with van der Waals surface area (Å²) < 4.78 is 18.5. The summed E-state index contributed by atoms with van der Waals surface area (Å²) in [7, 11) is 0. The Kier molecular flexibility index (Phi) is 2.16. The van der Waals surface area contributed by atoms with Crippen LogP contribution in [0.15, 0.2) is 35.0 Å². The van der Waals surface area contributed by atoms with E-state index in [0.29, 0.717) is 0 Å². The van der Waals surface area contributed by atoms with Gasteiger partial charge < -0.3 is 14.6 Å². The van der Waals surface area contributed by atoms with Crippen molar-refractivity contribution in [1.29, 1.82) is 0 Å². The predicted octanol–water partition coefficient (Wildman–Crippen LogP) is 2.66. The van der Waals surface area contributed by atoms with E-state index in [1.165, 1.54) is 12.1 Å². The van der Waals surface area contributed by atoms with E-state index in [-0.39, 0.29) is 17.0 Å². The lowest BCUT2D eigenvalue weighted by Crippen LogP contribution is -1.91. The molecule has 0 bridgehead atoms. The summed E-state index contributed by atoms with van der Waals surface area (Å²) in [6.45, 7) is 0. The van der Waals surface area contributed by atoms with Crippen LogP contribution in [0, 0.1) is 5.82 Å². The predicted molar refractivity (Wildman–Crippen MR) is 60.7 cm³/mol. The molecule has 3 rings (SSSR count). The summed E-state index contributed by atoms with van der Waals surface area (Å²) >= 11 is 0. The fourth-order valence-corrected chi connectivity index (χ4v) is 1.77. The first-order chi connectivity index (χ1) is 8.65. The summed E-state index contributed by atoms with van der Waals surface area (Å²) in [4.78, 5) is 13.6. The molecule has 1 aromatic carbocycles. The number of fused-ring (bicyclic) bond motifs is 1. The van der Waals surface area contributed by atoms with Gasteiger partial charge in [0.2, 0.25) is 5.76 Å². The van der Waals surface area contributed by atoms with Gasteiger partial charge in [-0.1, -0.05) is 5.16 Å². The summed E-state index contributed by atoms with van der Waals surface area (Å²) in [6, 6.07) is 5.85. The molecule has 0 radical (unpaired) electrons. The molecule has 0 amide bonds. The van der Waals surface area contributed by atoms with Gasteiger partial charge >= 0.3 is 5.97 Å². The van der Waals surface area contributed by atoms with Crippen molar-refractivity contribution in [3.63, 3.8) is 0 Å². The number of halogens is 1. The lowest BCUT2D eigenvalue weighted by Gasteiger charge is -1.98. The molecule has 0 aliphatic rings. The first-order valence-electron chi connectivity index (χ1n) is 5.12. The molecular formula is C12H7FN2O3. The number of nitrogens with zero attached hydrogens (tertiary/aromatic N) is 1. The van der Waals surface area contributed by atoms with Crippen LogP contribution >= 0.6 is 0 Å². The fourth-order valence-electron chi connectivity index (χ4n) is 1.77. The van der Waals surface area contributed by atoms with Crippen LogP contribution in [0.1, 0.15) is 10.6 Å². The number of aromatic nitrogens is 2. The molecule has 2 N–H and O–H groups in total. The van der Waals surface area contributed by atoms with Gasteiger partial charge in [0, 0.05) is 28.7 Å². The molecular weight excluding hydrogens is 239 g/mol. The number of carboxylic acids is 1. The largest absolute Gasteiger partial charge is 0.475 e. The minimum absolute atomic E-state index is 0.154.